The van der Waals surface area contributed by atoms with Crippen molar-refractivity contribution in [1.82, 2.24) is 19.6 Å². The molecule has 1 fully saturated rings. The van der Waals surface area contributed by atoms with Crippen molar-refractivity contribution in [2.45, 2.75) is 95.8 Å². The maximum Gasteiger partial charge on any atom is 0.436 e. The molecule has 0 bridgehead atoms. The van der Waals surface area contributed by atoms with Gasteiger partial charge in [0.25, 0.3) is 5.91 Å². The fourth-order valence-corrected chi connectivity index (χ4v) is 6.82. The molecular formula is C40H44F4N6O4S. The maximum atomic E-state index is 15.6. The van der Waals surface area contributed by atoms with Crippen LogP contribution >= 0.6 is 0 Å². The van der Waals surface area contributed by atoms with E-state index in [1.165, 1.54) is 17.0 Å². The second kappa shape index (κ2) is 16.1. The van der Waals surface area contributed by atoms with Crippen LogP contribution in [0.1, 0.15) is 106 Å². The molecule has 2 N–H and O–H groups in total. The molecule has 0 radical (unpaired) electrons. The van der Waals surface area contributed by atoms with Crippen LogP contribution in [0.5, 0.6) is 0 Å². The molecule has 4 aromatic rings. The molecule has 2 amide bonds. The molecule has 0 saturated heterocycles. The van der Waals surface area contributed by atoms with E-state index in [0.717, 1.165) is 18.9 Å². The van der Waals surface area contributed by atoms with Gasteiger partial charge in [-0.15, -0.1) is 9.82 Å². The van der Waals surface area contributed by atoms with Crippen LogP contribution in [0, 0.1) is 23.1 Å². The molecular weight excluding hydrogens is 737 g/mol. The molecule has 1 aromatic heterocycles. The van der Waals surface area contributed by atoms with Gasteiger partial charge in [0.1, 0.15) is 16.1 Å². The average Bonchev–Trinajstić information content (AvgIpc) is 3.85. The van der Waals surface area contributed by atoms with Crippen LogP contribution in [0.15, 0.2) is 78.9 Å². The molecule has 3 aromatic carbocycles. The zero-order chi connectivity index (χ0) is 40.3. The van der Waals surface area contributed by atoms with Gasteiger partial charge in [0.05, 0.1) is 17.3 Å². The second-order valence-electron chi connectivity index (χ2n) is 15.6. The number of nitrogens with one attached hydrogen (secondary N) is 2. The predicted octanol–water partition coefficient (Wildman–Crippen LogP) is 8.50. The first kappa shape index (κ1) is 41.3. The number of anilines is 1. The van der Waals surface area contributed by atoms with Crippen molar-refractivity contribution in [2.75, 3.05) is 5.32 Å². The number of alkyl halides is 3. The lowest BCUT2D eigenvalue weighted by atomic mass is 9.79. The standard InChI is InChI=1S/C40H44F4N6O4S/c1-37(2,3)49(25-28-10-8-7-9-11-28)36(52)54-50-33(23-34(47-50)40(42,43)44)35(51)46-32-22-30(18-19-31(32)41)39(21-20-26-12-13-26,48-55(53)38(4,5)6)29-16-14-27(24-45)15-17-29/h7-11,14-19,22-23,26,48H,12-13,20-21,25H2,1-6H3,(H,46,51)/t39-,55-/m1/s1. The van der Waals surface area contributed by atoms with Gasteiger partial charge >= 0.3 is 12.3 Å². The van der Waals surface area contributed by atoms with Crippen molar-refractivity contribution in [3.63, 3.8) is 0 Å². The Bertz CT molecular complexity index is 2030. The van der Waals surface area contributed by atoms with Gasteiger partial charge in [0, 0.05) is 29.5 Å². The molecule has 0 aliphatic heterocycles. The number of benzene rings is 3. The molecule has 10 nitrogen and oxygen atoms in total. The molecule has 5 rings (SSSR count). The number of hydrogen-bond donors (Lipinski definition) is 2. The van der Waals surface area contributed by atoms with Gasteiger partial charge < -0.3 is 9.87 Å². The molecule has 292 valence electrons. The average molecular weight is 781 g/mol. The summed E-state index contributed by atoms with van der Waals surface area (Å²) in [5.74, 6) is -1.73. The van der Waals surface area contributed by atoms with Gasteiger partial charge in [-0.3, -0.25) is 14.5 Å². The minimum atomic E-state index is -5.03. The maximum absolute atomic E-state index is 15.6. The fraction of sp³-hybridized carbons (Fsp3) is 0.400. The number of carbonyl (C=O) groups excluding carboxylic acids is 2. The summed E-state index contributed by atoms with van der Waals surface area (Å²) in [6.45, 7) is 10.5. The highest BCUT2D eigenvalue weighted by Gasteiger charge is 2.44. The molecule has 1 saturated carbocycles. The lowest BCUT2D eigenvalue weighted by Gasteiger charge is -2.39. The Balaban J connectivity index is 1.54. The van der Waals surface area contributed by atoms with Crippen LogP contribution in [-0.2, 0) is 29.6 Å². The third-order valence-corrected chi connectivity index (χ3v) is 10.9. The first-order chi connectivity index (χ1) is 25.7. The van der Waals surface area contributed by atoms with Gasteiger partial charge in [0.15, 0.2) is 11.4 Å². The van der Waals surface area contributed by atoms with E-state index in [2.05, 4.69) is 21.2 Å². The van der Waals surface area contributed by atoms with Crippen LogP contribution < -0.4 is 14.9 Å². The molecule has 1 heterocycles. The van der Waals surface area contributed by atoms with Crippen molar-refractivity contribution in [1.29, 1.82) is 5.26 Å². The van der Waals surface area contributed by atoms with Crippen molar-refractivity contribution in [3.8, 4) is 6.07 Å². The highest BCUT2D eigenvalue weighted by Crippen LogP contribution is 2.43. The quantitative estimate of drug-likeness (QED) is 0.109. The zero-order valence-corrected chi connectivity index (χ0v) is 32.3. The summed E-state index contributed by atoms with van der Waals surface area (Å²) < 4.78 is 73.9. The third-order valence-electron chi connectivity index (χ3n) is 9.24. The van der Waals surface area contributed by atoms with Gasteiger partial charge in [-0.2, -0.15) is 18.4 Å². The van der Waals surface area contributed by atoms with Gasteiger partial charge in [-0.25, -0.2) is 9.18 Å². The van der Waals surface area contributed by atoms with Crippen molar-refractivity contribution in [2.24, 2.45) is 5.92 Å². The van der Waals surface area contributed by atoms with Crippen LogP contribution in [0.2, 0.25) is 0 Å². The van der Waals surface area contributed by atoms with Crippen molar-refractivity contribution >= 4 is 29.0 Å². The summed E-state index contributed by atoms with van der Waals surface area (Å²) in [7, 11) is 0. The molecule has 55 heavy (non-hydrogen) atoms. The second-order valence-corrected chi connectivity index (χ2v) is 17.6. The smallest absolute Gasteiger partial charge is 0.436 e. The minimum Gasteiger partial charge on any atom is -0.598 e. The first-order valence-electron chi connectivity index (χ1n) is 17.7. The SMILES string of the molecule is CC(C)(C)N(Cc1ccccc1)C(=O)On1nc(C(F)(F)F)cc1C(=O)Nc1cc([C@](CCC2CC2)(N[S@+]([O-])C(C)(C)C)c2ccc(C#N)cc2)ccc1F. The van der Waals surface area contributed by atoms with Crippen molar-refractivity contribution in [3.05, 3.63) is 118 Å². The first-order valence-corrected chi connectivity index (χ1v) is 18.9. The number of carbonyl (C=O) groups is 2. The topological polar surface area (TPSA) is 135 Å². The highest BCUT2D eigenvalue weighted by molar-refractivity contribution is 7.90. The molecule has 15 heteroatoms. The van der Waals surface area contributed by atoms with Crippen LogP contribution in [0.3, 0.4) is 0 Å². The Morgan fingerprint density at radius 2 is 1.62 bits per heavy atom. The number of aromatic nitrogens is 2. The number of hydrogen-bond acceptors (Lipinski definition) is 7. The van der Waals surface area contributed by atoms with Gasteiger partial charge in [0.2, 0.25) is 0 Å². The van der Waals surface area contributed by atoms with E-state index < -0.39 is 68.3 Å². The largest absolute Gasteiger partial charge is 0.598 e. The minimum absolute atomic E-state index is 0.0336. The molecule has 0 unspecified atom stereocenters. The summed E-state index contributed by atoms with van der Waals surface area (Å²) in [5, 5.41) is 15.2. The van der Waals surface area contributed by atoms with Crippen molar-refractivity contribution < 1.29 is 36.5 Å². The zero-order valence-electron chi connectivity index (χ0n) is 31.5. The van der Waals surface area contributed by atoms with E-state index >= 15 is 4.39 Å². The van der Waals surface area contributed by atoms with Crippen LogP contribution in [0.4, 0.5) is 28.0 Å². The monoisotopic (exact) mass is 780 g/mol. The fourth-order valence-electron chi connectivity index (χ4n) is 5.86. The lowest BCUT2D eigenvalue weighted by Crippen LogP contribution is -2.52. The molecule has 0 spiro atoms. The lowest BCUT2D eigenvalue weighted by molar-refractivity contribution is -0.142. The summed E-state index contributed by atoms with van der Waals surface area (Å²) in [5.41, 5.74) is -2.67. The molecule has 1 aliphatic carbocycles. The number of nitrogens with zero attached hydrogens (tertiary/aromatic N) is 4. The van der Waals surface area contributed by atoms with E-state index in [1.807, 2.05) is 0 Å². The third kappa shape index (κ3) is 10.0. The predicted molar refractivity (Wildman–Crippen MR) is 200 cm³/mol. The van der Waals surface area contributed by atoms with Gasteiger partial charge in [-0.1, -0.05) is 66.2 Å². The summed E-state index contributed by atoms with van der Waals surface area (Å²) in [6, 6.07) is 22.0. The normalized spacial score (nSPS) is 15.1. The van der Waals surface area contributed by atoms with E-state index in [-0.39, 0.29) is 11.4 Å². The number of amides is 2. The van der Waals surface area contributed by atoms with Crippen LogP contribution in [-0.4, -0.2) is 41.7 Å². The van der Waals surface area contributed by atoms with E-state index in [1.54, 1.807) is 96.1 Å². The molecule has 1 aliphatic rings. The Kier molecular flexibility index (Phi) is 12.0. The number of rotatable bonds is 12. The number of nitriles is 1. The van der Waals surface area contributed by atoms with Gasteiger partial charge in [-0.05, 0) is 101 Å². The Morgan fingerprint density at radius 3 is 2.18 bits per heavy atom. The summed E-state index contributed by atoms with van der Waals surface area (Å²) in [4.78, 5) is 34.1. The van der Waals surface area contributed by atoms with Crippen LogP contribution in [0.25, 0.3) is 0 Å². The van der Waals surface area contributed by atoms with E-state index in [0.29, 0.717) is 47.1 Å². The Labute approximate surface area is 321 Å². The molecule has 2 atom stereocenters. The Hall–Kier alpha value is -4.91. The summed E-state index contributed by atoms with van der Waals surface area (Å²) in [6.07, 6.45) is -2.94. The Morgan fingerprint density at radius 1 is 0.982 bits per heavy atom. The summed E-state index contributed by atoms with van der Waals surface area (Å²) >= 11 is -1.67. The highest BCUT2D eigenvalue weighted by atomic mass is 32.2. The van der Waals surface area contributed by atoms with E-state index in [4.69, 9.17) is 4.84 Å². The van der Waals surface area contributed by atoms with E-state index in [9.17, 15) is 32.6 Å². The number of halogens is 4.